The average molecular weight is 365 g/mol. The summed E-state index contributed by atoms with van der Waals surface area (Å²) in [5, 5.41) is 7.54. The molecule has 0 amide bonds. The van der Waals surface area contributed by atoms with Crippen molar-refractivity contribution < 1.29 is 4.74 Å². The summed E-state index contributed by atoms with van der Waals surface area (Å²) in [6.45, 7) is 2.01. The number of aromatic amines is 1. The van der Waals surface area contributed by atoms with E-state index in [1.165, 1.54) is 0 Å². The summed E-state index contributed by atoms with van der Waals surface area (Å²) in [5.41, 5.74) is 2.20. The van der Waals surface area contributed by atoms with E-state index < -0.39 is 0 Å². The van der Waals surface area contributed by atoms with E-state index in [2.05, 4.69) is 31.0 Å². The van der Waals surface area contributed by atoms with Gasteiger partial charge in [0.05, 0.1) is 18.7 Å². The normalized spacial score (nSPS) is 11.8. The molecule has 0 atom stereocenters. The lowest BCUT2D eigenvalue weighted by Crippen LogP contribution is -2.18. The quantitative estimate of drug-likeness (QED) is 0.703. The number of hydrogen-bond acceptors (Lipinski definition) is 4. The molecule has 7 heteroatoms. The van der Waals surface area contributed by atoms with Gasteiger partial charge in [0.15, 0.2) is 5.65 Å². The van der Waals surface area contributed by atoms with Crippen LogP contribution in [0, 0.1) is 0 Å². The van der Waals surface area contributed by atoms with Gasteiger partial charge in [-0.1, -0.05) is 22.0 Å². The van der Waals surface area contributed by atoms with E-state index in [1.807, 2.05) is 38.4 Å². The molecule has 0 saturated carbocycles. The molecule has 0 spiro atoms. The van der Waals surface area contributed by atoms with Crippen LogP contribution in [0.4, 0.5) is 0 Å². The van der Waals surface area contributed by atoms with Crippen LogP contribution < -0.4 is 5.69 Å². The number of aromatic nitrogens is 3. The molecule has 1 N–H and O–H groups in total. The van der Waals surface area contributed by atoms with Gasteiger partial charge in [0, 0.05) is 16.4 Å². The van der Waals surface area contributed by atoms with Gasteiger partial charge < -0.3 is 9.64 Å². The lowest BCUT2D eigenvalue weighted by molar-refractivity contribution is 0.106. The molecule has 3 rings (SSSR count). The van der Waals surface area contributed by atoms with E-state index in [-0.39, 0.29) is 5.69 Å². The largest absolute Gasteiger partial charge is 0.375 e. The Kier molecular flexibility index (Phi) is 4.28. The smallest absolute Gasteiger partial charge is 0.348 e. The predicted octanol–water partition coefficient (Wildman–Crippen LogP) is 2.02. The van der Waals surface area contributed by atoms with Crippen molar-refractivity contribution in [3.8, 4) is 0 Å². The van der Waals surface area contributed by atoms with Gasteiger partial charge in [-0.2, -0.15) is 5.10 Å². The number of fused-ring (bicyclic) bond motifs is 3. The van der Waals surface area contributed by atoms with E-state index in [0.29, 0.717) is 18.9 Å². The van der Waals surface area contributed by atoms with Crippen molar-refractivity contribution in [3.05, 3.63) is 44.8 Å². The van der Waals surface area contributed by atoms with E-state index in [1.54, 1.807) is 4.40 Å². The monoisotopic (exact) mass is 364 g/mol. The zero-order valence-electron chi connectivity index (χ0n) is 12.5. The van der Waals surface area contributed by atoms with Crippen molar-refractivity contribution in [1.29, 1.82) is 0 Å². The molecule has 2 aromatic heterocycles. The Bertz CT molecular complexity index is 869. The van der Waals surface area contributed by atoms with Crippen LogP contribution in [0.1, 0.15) is 5.56 Å². The second-order valence-electron chi connectivity index (χ2n) is 5.41. The number of hydrogen-bond donors (Lipinski definition) is 1. The first-order valence-corrected chi connectivity index (χ1v) is 7.76. The highest BCUT2D eigenvalue weighted by Crippen LogP contribution is 2.24. The van der Waals surface area contributed by atoms with Gasteiger partial charge in [-0.05, 0) is 37.9 Å². The van der Waals surface area contributed by atoms with Gasteiger partial charge in [0.25, 0.3) is 0 Å². The molecular weight excluding hydrogens is 348 g/mol. The van der Waals surface area contributed by atoms with Crippen LogP contribution in [0.3, 0.4) is 0 Å². The number of ether oxygens (including phenoxy) is 1. The molecule has 22 heavy (non-hydrogen) atoms. The van der Waals surface area contributed by atoms with Crippen LogP contribution in [0.15, 0.2) is 33.5 Å². The zero-order valence-corrected chi connectivity index (χ0v) is 14.1. The summed E-state index contributed by atoms with van der Waals surface area (Å²) < 4.78 is 8.24. The molecular formula is C15H17BrN4O2. The number of halogens is 1. The fourth-order valence-electron chi connectivity index (χ4n) is 2.38. The topological polar surface area (TPSA) is 62.6 Å². The van der Waals surface area contributed by atoms with E-state index in [9.17, 15) is 4.79 Å². The minimum absolute atomic E-state index is 0.238. The van der Waals surface area contributed by atoms with Crippen LogP contribution >= 0.6 is 15.9 Å². The Morgan fingerprint density at radius 1 is 1.36 bits per heavy atom. The highest BCUT2D eigenvalue weighted by atomic mass is 79.9. The van der Waals surface area contributed by atoms with E-state index >= 15 is 0 Å². The van der Waals surface area contributed by atoms with Crippen molar-refractivity contribution in [2.24, 2.45) is 0 Å². The highest BCUT2D eigenvalue weighted by Gasteiger charge is 2.10. The van der Waals surface area contributed by atoms with Crippen LogP contribution in [0.25, 0.3) is 16.6 Å². The second-order valence-corrected chi connectivity index (χ2v) is 6.32. The molecule has 0 radical (unpaired) electrons. The molecule has 0 saturated heterocycles. The number of likely N-dealkylation sites (N-methyl/N-ethyl adjacent to an activating group) is 1. The average Bonchev–Trinajstić information content (AvgIpc) is 2.84. The van der Waals surface area contributed by atoms with Gasteiger partial charge in [-0.25, -0.2) is 14.3 Å². The Morgan fingerprint density at radius 2 is 2.18 bits per heavy atom. The lowest BCUT2D eigenvalue weighted by Gasteiger charge is -2.12. The summed E-state index contributed by atoms with van der Waals surface area (Å²) >= 11 is 3.45. The number of pyridine rings is 1. The maximum atomic E-state index is 11.9. The molecule has 0 unspecified atom stereocenters. The summed E-state index contributed by atoms with van der Waals surface area (Å²) in [4.78, 5) is 14.0. The fourth-order valence-corrected chi connectivity index (χ4v) is 2.73. The summed E-state index contributed by atoms with van der Waals surface area (Å²) in [6.07, 6.45) is 0. The van der Waals surface area contributed by atoms with Crippen molar-refractivity contribution in [1.82, 2.24) is 19.5 Å². The number of rotatable bonds is 5. The minimum Gasteiger partial charge on any atom is -0.375 e. The first kappa shape index (κ1) is 15.2. The van der Waals surface area contributed by atoms with Gasteiger partial charge in [0.2, 0.25) is 0 Å². The molecule has 0 aliphatic heterocycles. The third-order valence-corrected chi connectivity index (χ3v) is 3.98. The van der Waals surface area contributed by atoms with Crippen LogP contribution in [0.5, 0.6) is 0 Å². The van der Waals surface area contributed by atoms with Gasteiger partial charge in [-0.15, -0.1) is 0 Å². The first-order chi connectivity index (χ1) is 10.6. The highest BCUT2D eigenvalue weighted by molar-refractivity contribution is 9.10. The molecule has 2 heterocycles. The maximum absolute atomic E-state index is 11.9. The van der Waals surface area contributed by atoms with Gasteiger partial charge >= 0.3 is 5.69 Å². The maximum Gasteiger partial charge on any atom is 0.348 e. The summed E-state index contributed by atoms with van der Waals surface area (Å²) in [6, 6.07) is 7.76. The SMILES string of the molecule is CN(C)CCOCc1cc2n[nH]c(=O)n2c2cc(Br)ccc12. The number of nitrogens with one attached hydrogen (secondary N) is 1. The van der Waals surface area contributed by atoms with Crippen LogP contribution in [-0.4, -0.2) is 46.7 Å². The van der Waals surface area contributed by atoms with Crippen molar-refractivity contribution in [2.45, 2.75) is 6.61 Å². The standard InChI is InChI=1S/C15H17BrN4O2/c1-19(2)5-6-22-9-10-7-14-17-18-15(21)20(14)13-8-11(16)3-4-12(10)13/h3-4,7-8H,5-6,9H2,1-2H3,(H,18,21). The minimum atomic E-state index is -0.238. The van der Waals surface area contributed by atoms with Crippen molar-refractivity contribution in [3.63, 3.8) is 0 Å². The Balaban J connectivity index is 2.03. The molecule has 0 fully saturated rings. The Hall–Kier alpha value is -1.70. The number of benzene rings is 1. The van der Waals surface area contributed by atoms with Crippen molar-refractivity contribution in [2.75, 3.05) is 27.2 Å². The lowest BCUT2D eigenvalue weighted by atomic mass is 10.1. The Morgan fingerprint density at radius 3 is 2.95 bits per heavy atom. The molecule has 3 aromatic rings. The molecule has 6 nitrogen and oxygen atoms in total. The first-order valence-electron chi connectivity index (χ1n) is 6.97. The predicted molar refractivity (Wildman–Crippen MR) is 89.2 cm³/mol. The number of nitrogens with zero attached hydrogens (tertiary/aromatic N) is 3. The second kappa shape index (κ2) is 6.20. The van der Waals surface area contributed by atoms with Gasteiger partial charge in [0.1, 0.15) is 0 Å². The molecule has 0 aliphatic carbocycles. The number of H-pyrrole nitrogens is 1. The van der Waals surface area contributed by atoms with Crippen molar-refractivity contribution >= 4 is 32.5 Å². The van der Waals surface area contributed by atoms with E-state index in [4.69, 9.17) is 4.74 Å². The molecule has 0 bridgehead atoms. The zero-order chi connectivity index (χ0) is 15.7. The fraction of sp³-hybridized carbons (Fsp3) is 0.333. The third kappa shape index (κ3) is 2.92. The summed E-state index contributed by atoms with van der Waals surface area (Å²) in [5.74, 6) is 0. The van der Waals surface area contributed by atoms with E-state index in [0.717, 1.165) is 27.5 Å². The van der Waals surface area contributed by atoms with Gasteiger partial charge in [-0.3, -0.25) is 0 Å². The van der Waals surface area contributed by atoms with Crippen LogP contribution in [0.2, 0.25) is 0 Å². The summed E-state index contributed by atoms with van der Waals surface area (Å²) in [7, 11) is 4.02. The Labute approximate surface area is 135 Å². The molecule has 0 aliphatic rings. The molecule has 1 aromatic carbocycles. The molecule has 116 valence electrons. The van der Waals surface area contributed by atoms with Crippen LogP contribution in [-0.2, 0) is 11.3 Å². The third-order valence-electron chi connectivity index (χ3n) is 3.49.